The third kappa shape index (κ3) is 4.75. The van der Waals surface area contributed by atoms with E-state index in [1.54, 1.807) is 26.0 Å². The molecule has 0 atom stereocenters. The van der Waals surface area contributed by atoms with Crippen LogP contribution in [-0.2, 0) is 11.3 Å². The molecule has 0 bridgehead atoms. The second-order valence-electron chi connectivity index (χ2n) is 8.64. The molecule has 1 aliphatic rings. The number of carbonyl (C=O) groups is 1. The third-order valence-electron chi connectivity index (χ3n) is 6.29. The zero-order valence-corrected chi connectivity index (χ0v) is 20.9. The Kier molecular flexibility index (Phi) is 6.34. The number of fused-ring (bicyclic) bond motifs is 1. The molecular formula is C28H21N5O3S. The van der Waals surface area contributed by atoms with Gasteiger partial charge < -0.3 is 9.88 Å². The summed E-state index contributed by atoms with van der Waals surface area (Å²) in [7, 11) is 0. The summed E-state index contributed by atoms with van der Waals surface area (Å²) >= 11 is 1.19. The van der Waals surface area contributed by atoms with E-state index in [9.17, 15) is 20.2 Å². The molecule has 9 heteroatoms. The second-order valence-corrected chi connectivity index (χ2v) is 9.67. The molecule has 37 heavy (non-hydrogen) atoms. The van der Waals surface area contributed by atoms with Crippen molar-refractivity contribution in [2.24, 2.45) is 4.99 Å². The van der Waals surface area contributed by atoms with Crippen LogP contribution >= 0.6 is 11.8 Å². The monoisotopic (exact) mass is 507 g/mol. The van der Waals surface area contributed by atoms with Crippen LogP contribution in [0.25, 0.3) is 17.0 Å². The number of benzene rings is 3. The van der Waals surface area contributed by atoms with Gasteiger partial charge in [0.15, 0.2) is 5.17 Å². The number of hydrogen-bond donors (Lipinski definition) is 1. The first-order valence-corrected chi connectivity index (χ1v) is 12.3. The van der Waals surface area contributed by atoms with E-state index >= 15 is 0 Å². The number of para-hydroxylation sites is 1. The average Bonchev–Trinajstić information content (AvgIpc) is 3.40. The van der Waals surface area contributed by atoms with Crippen molar-refractivity contribution in [1.29, 1.82) is 5.26 Å². The van der Waals surface area contributed by atoms with Gasteiger partial charge in [-0.05, 0) is 61.0 Å². The van der Waals surface area contributed by atoms with Crippen molar-refractivity contribution in [3.63, 3.8) is 0 Å². The van der Waals surface area contributed by atoms with E-state index in [0.717, 1.165) is 27.6 Å². The minimum absolute atomic E-state index is 0.00443. The zero-order valence-electron chi connectivity index (χ0n) is 20.1. The number of amidine groups is 1. The van der Waals surface area contributed by atoms with Crippen LogP contribution in [0.5, 0.6) is 0 Å². The molecule has 5 rings (SSSR count). The lowest BCUT2D eigenvalue weighted by atomic mass is 10.1. The van der Waals surface area contributed by atoms with Crippen molar-refractivity contribution in [1.82, 2.24) is 9.88 Å². The fraction of sp³-hybridized carbons (Fsp3) is 0.107. The maximum Gasteiger partial charge on any atom is 0.274 e. The SMILES string of the molecule is Cc1cc(N=C2NC(=O)/C(=C/c3cn(Cc4ccccc4C#N)c4ccccc34)S2)cc([N+](=O)[O-])c1C. The van der Waals surface area contributed by atoms with Gasteiger partial charge in [-0.15, -0.1) is 0 Å². The summed E-state index contributed by atoms with van der Waals surface area (Å²) in [6.07, 6.45) is 3.79. The Morgan fingerprint density at radius 1 is 1.16 bits per heavy atom. The molecule has 1 aliphatic heterocycles. The maximum absolute atomic E-state index is 12.8. The van der Waals surface area contributed by atoms with E-state index in [1.807, 2.05) is 54.7 Å². The Hall–Kier alpha value is -4.68. The van der Waals surface area contributed by atoms with Crippen molar-refractivity contribution in [3.8, 4) is 6.07 Å². The molecule has 2 heterocycles. The van der Waals surface area contributed by atoms with Gasteiger partial charge in [0, 0.05) is 40.8 Å². The van der Waals surface area contributed by atoms with E-state index in [-0.39, 0.29) is 11.6 Å². The van der Waals surface area contributed by atoms with Crippen LogP contribution in [0.1, 0.15) is 27.8 Å². The fourth-order valence-electron chi connectivity index (χ4n) is 4.29. The van der Waals surface area contributed by atoms with Gasteiger partial charge in [-0.3, -0.25) is 14.9 Å². The molecule has 1 fully saturated rings. The third-order valence-corrected chi connectivity index (χ3v) is 7.20. The highest BCUT2D eigenvalue weighted by Gasteiger charge is 2.25. The Bertz CT molecular complexity index is 1690. The largest absolute Gasteiger partial charge is 0.342 e. The fourth-order valence-corrected chi connectivity index (χ4v) is 5.12. The van der Waals surface area contributed by atoms with Crippen molar-refractivity contribution in [3.05, 3.63) is 110 Å². The van der Waals surface area contributed by atoms with Crippen LogP contribution in [0.4, 0.5) is 11.4 Å². The number of nitrogens with zero attached hydrogens (tertiary/aromatic N) is 4. The van der Waals surface area contributed by atoms with Gasteiger partial charge in [-0.1, -0.05) is 36.4 Å². The molecule has 0 aliphatic carbocycles. The summed E-state index contributed by atoms with van der Waals surface area (Å²) in [5.41, 5.74) is 5.14. The summed E-state index contributed by atoms with van der Waals surface area (Å²) in [6.45, 7) is 4.01. The first-order valence-electron chi connectivity index (χ1n) is 11.4. The molecule has 1 aromatic heterocycles. The van der Waals surface area contributed by atoms with Crippen LogP contribution in [0.3, 0.4) is 0 Å². The number of hydrogen-bond acceptors (Lipinski definition) is 6. The number of aromatic nitrogens is 1. The number of carbonyl (C=O) groups excluding carboxylic acids is 1. The topological polar surface area (TPSA) is 113 Å². The summed E-state index contributed by atoms with van der Waals surface area (Å²) in [6, 6.07) is 20.8. The van der Waals surface area contributed by atoms with E-state index in [0.29, 0.717) is 33.4 Å². The second kappa shape index (κ2) is 9.76. The van der Waals surface area contributed by atoms with Gasteiger partial charge in [-0.2, -0.15) is 5.26 Å². The lowest BCUT2D eigenvalue weighted by Crippen LogP contribution is -2.19. The van der Waals surface area contributed by atoms with Gasteiger partial charge >= 0.3 is 0 Å². The van der Waals surface area contributed by atoms with Crippen LogP contribution < -0.4 is 5.32 Å². The van der Waals surface area contributed by atoms with E-state index in [4.69, 9.17) is 0 Å². The van der Waals surface area contributed by atoms with Gasteiger partial charge in [-0.25, -0.2) is 4.99 Å². The standard InChI is InChI=1S/C28H21N5O3S/c1-17-11-22(13-25(18(17)2)33(35)36)30-28-31-27(34)26(37-28)12-21-16-32(24-10-6-5-9-23(21)24)15-20-8-4-3-7-19(20)14-29/h3-13,16H,15H2,1-2H3,(H,30,31,34)/b26-12-. The summed E-state index contributed by atoms with van der Waals surface area (Å²) in [5.74, 6) is -0.284. The number of aryl methyl sites for hydroxylation is 1. The lowest BCUT2D eigenvalue weighted by Gasteiger charge is -2.07. The summed E-state index contributed by atoms with van der Waals surface area (Å²) in [5, 5.41) is 25.0. The Labute approximate surface area is 217 Å². The van der Waals surface area contributed by atoms with Crippen molar-refractivity contribution < 1.29 is 9.72 Å². The molecule has 4 aromatic rings. The summed E-state index contributed by atoms with van der Waals surface area (Å²) in [4.78, 5) is 28.6. The highest BCUT2D eigenvalue weighted by molar-refractivity contribution is 8.18. The number of nitro benzene ring substituents is 1. The highest BCUT2D eigenvalue weighted by atomic mass is 32.2. The molecule has 182 valence electrons. The van der Waals surface area contributed by atoms with E-state index in [2.05, 4.69) is 20.9 Å². The quantitative estimate of drug-likeness (QED) is 0.203. The molecule has 0 radical (unpaired) electrons. The number of thioether (sulfide) groups is 1. The predicted molar refractivity (Wildman–Crippen MR) is 146 cm³/mol. The smallest absolute Gasteiger partial charge is 0.274 e. The zero-order chi connectivity index (χ0) is 26.1. The average molecular weight is 508 g/mol. The number of nitriles is 1. The molecule has 0 spiro atoms. The Morgan fingerprint density at radius 3 is 2.70 bits per heavy atom. The number of aliphatic imine (C=N–C) groups is 1. The van der Waals surface area contributed by atoms with Gasteiger partial charge in [0.1, 0.15) is 0 Å². The molecule has 0 unspecified atom stereocenters. The maximum atomic E-state index is 12.8. The number of nitrogens with one attached hydrogen (secondary N) is 1. The highest BCUT2D eigenvalue weighted by Crippen LogP contribution is 2.33. The number of rotatable bonds is 5. The predicted octanol–water partition coefficient (Wildman–Crippen LogP) is 5.98. The van der Waals surface area contributed by atoms with Gasteiger partial charge in [0.2, 0.25) is 0 Å². The van der Waals surface area contributed by atoms with E-state index < -0.39 is 4.92 Å². The molecule has 3 aromatic carbocycles. The molecule has 1 N–H and O–H groups in total. The number of nitro groups is 1. The van der Waals surface area contributed by atoms with Crippen molar-refractivity contribution >= 4 is 51.2 Å². The van der Waals surface area contributed by atoms with Crippen molar-refractivity contribution in [2.45, 2.75) is 20.4 Å². The minimum Gasteiger partial charge on any atom is -0.342 e. The van der Waals surface area contributed by atoms with Crippen LogP contribution in [0.15, 0.2) is 76.8 Å². The Morgan fingerprint density at radius 2 is 1.92 bits per heavy atom. The molecule has 1 amide bonds. The van der Waals surface area contributed by atoms with Gasteiger partial charge in [0.25, 0.3) is 11.6 Å². The first kappa shape index (κ1) is 24.0. The normalized spacial score (nSPS) is 15.3. The molecule has 8 nitrogen and oxygen atoms in total. The first-order chi connectivity index (χ1) is 17.8. The Balaban J connectivity index is 1.48. The van der Waals surface area contributed by atoms with Crippen molar-refractivity contribution in [2.75, 3.05) is 0 Å². The van der Waals surface area contributed by atoms with E-state index in [1.165, 1.54) is 17.8 Å². The lowest BCUT2D eigenvalue weighted by molar-refractivity contribution is -0.385. The van der Waals surface area contributed by atoms with Gasteiger partial charge in [0.05, 0.1) is 27.1 Å². The molecule has 1 saturated heterocycles. The number of amides is 1. The summed E-state index contributed by atoms with van der Waals surface area (Å²) < 4.78 is 2.07. The molecular weight excluding hydrogens is 486 g/mol. The van der Waals surface area contributed by atoms with Crippen LogP contribution in [-0.4, -0.2) is 20.6 Å². The van der Waals surface area contributed by atoms with Crippen LogP contribution in [0.2, 0.25) is 0 Å². The van der Waals surface area contributed by atoms with Crippen LogP contribution in [0, 0.1) is 35.3 Å². The molecule has 0 saturated carbocycles. The minimum atomic E-state index is -0.428.